The van der Waals surface area contributed by atoms with Crippen LogP contribution in [0, 0.1) is 0 Å². The van der Waals surface area contributed by atoms with Gasteiger partial charge in [0.2, 0.25) is 11.8 Å². The summed E-state index contributed by atoms with van der Waals surface area (Å²) in [6.07, 6.45) is 2.18. The third kappa shape index (κ3) is 3.05. The van der Waals surface area contributed by atoms with E-state index in [1.165, 1.54) is 10.6 Å². The van der Waals surface area contributed by atoms with Gasteiger partial charge < -0.3 is 10.3 Å². The number of nitrogens with one attached hydrogen (secondary N) is 1. The van der Waals surface area contributed by atoms with Gasteiger partial charge in [-0.3, -0.25) is 24.6 Å². The smallest absolute Gasteiger partial charge is 0.250 e. The second-order valence-electron chi connectivity index (χ2n) is 4.80. The van der Waals surface area contributed by atoms with Crippen molar-refractivity contribution in [3.63, 3.8) is 0 Å². The summed E-state index contributed by atoms with van der Waals surface area (Å²) in [5.74, 6) is -0.580. The molecule has 1 aliphatic rings. The average Bonchev–Trinajstić information content (AvgIpc) is 2.39. The number of aromatic nitrogens is 1. The maximum absolute atomic E-state index is 11.7. The average molecular weight is 278 g/mol. The molecule has 1 unspecified atom stereocenters. The molecule has 1 aromatic rings. The van der Waals surface area contributed by atoms with E-state index in [9.17, 15) is 14.4 Å². The monoisotopic (exact) mass is 278 g/mol. The highest BCUT2D eigenvalue weighted by atomic mass is 16.2. The summed E-state index contributed by atoms with van der Waals surface area (Å²) >= 11 is 0. The topological polar surface area (TPSA) is 97.4 Å². The van der Waals surface area contributed by atoms with Crippen LogP contribution in [0.5, 0.6) is 0 Å². The Labute approximate surface area is 116 Å². The molecule has 1 fully saturated rings. The molecule has 0 aromatic carbocycles. The van der Waals surface area contributed by atoms with E-state index in [0.717, 1.165) is 0 Å². The van der Waals surface area contributed by atoms with Gasteiger partial charge in [-0.15, -0.1) is 0 Å². The molecule has 2 heterocycles. The molecular formula is C13H18N4O3. The van der Waals surface area contributed by atoms with E-state index in [1.807, 2.05) is 6.92 Å². The molecule has 0 aliphatic carbocycles. The van der Waals surface area contributed by atoms with Gasteiger partial charge in [0.15, 0.2) is 0 Å². The number of carbonyl (C=O) groups excluding carboxylic acids is 2. The van der Waals surface area contributed by atoms with Crippen molar-refractivity contribution in [2.24, 2.45) is 0 Å². The van der Waals surface area contributed by atoms with Gasteiger partial charge in [0.25, 0.3) is 5.56 Å². The highest BCUT2D eigenvalue weighted by Crippen LogP contribution is 2.09. The summed E-state index contributed by atoms with van der Waals surface area (Å²) in [6, 6.07) is 2.62. The molecule has 3 N–H and O–H groups in total. The van der Waals surface area contributed by atoms with Crippen LogP contribution in [0.2, 0.25) is 0 Å². The van der Waals surface area contributed by atoms with Crippen molar-refractivity contribution in [2.45, 2.75) is 25.9 Å². The summed E-state index contributed by atoms with van der Waals surface area (Å²) in [4.78, 5) is 36.6. The van der Waals surface area contributed by atoms with Crippen LogP contribution in [0.1, 0.15) is 13.3 Å². The lowest BCUT2D eigenvalue weighted by molar-refractivity contribution is -0.140. The van der Waals surface area contributed by atoms with Crippen LogP contribution in [-0.2, 0) is 16.1 Å². The molecule has 0 radical (unpaired) electrons. The maximum Gasteiger partial charge on any atom is 0.250 e. The van der Waals surface area contributed by atoms with Crippen LogP contribution >= 0.6 is 0 Å². The maximum atomic E-state index is 11.7. The third-order valence-electron chi connectivity index (χ3n) is 3.37. The minimum atomic E-state index is -0.329. The number of piperazine rings is 1. The third-order valence-corrected chi connectivity index (χ3v) is 3.37. The fourth-order valence-electron chi connectivity index (χ4n) is 2.36. The Hall–Kier alpha value is -2.15. The first-order chi connectivity index (χ1) is 9.51. The van der Waals surface area contributed by atoms with Gasteiger partial charge in [0.1, 0.15) is 0 Å². The van der Waals surface area contributed by atoms with Crippen LogP contribution in [0.15, 0.2) is 23.1 Å². The molecule has 2 rings (SSSR count). The van der Waals surface area contributed by atoms with E-state index in [-0.39, 0.29) is 30.0 Å². The summed E-state index contributed by atoms with van der Waals surface area (Å²) < 4.78 is 1.49. The first-order valence-electron chi connectivity index (χ1n) is 6.55. The number of amides is 2. The molecule has 1 atom stereocenters. The lowest BCUT2D eigenvalue weighted by Gasteiger charge is -2.33. The number of nitrogens with zero attached hydrogens (tertiary/aromatic N) is 2. The van der Waals surface area contributed by atoms with E-state index in [0.29, 0.717) is 25.2 Å². The normalized spacial score (nSPS) is 19.9. The SMILES string of the molecule is CCC1C(=O)NC(=O)CN1CCn1cc(N)ccc1=O. The summed E-state index contributed by atoms with van der Waals surface area (Å²) in [5, 5.41) is 2.32. The lowest BCUT2D eigenvalue weighted by Crippen LogP contribution is -2.58. The number of anilines is 1. The molecule has 1 saturated heterocycles. The van der Waals surface area contributed by atoms with Crippen molar-refractivity contribution >= 4 is 17.5 Å². The fraction of sp³-hybridized carbons (Fsp3) is 0.462. The largest absolute Gasteiger partial charge is 0.398 e. The summed E-state index contributed by atoms with van der Waals surface area (Å²) in [5.41, 5.74) is 5.99. The Balaban J connectivity index is 2.08. The van der Waals surface area contributed by atoms with Crippen LogP contribution < -0.4 is 16.6 Å². The quantitative estimate of drug-likeness (QED) is 0.700. The van der Waals surface area contributed by atoms with Crippen LogP contribution in [-0.4, -0.2) is 40.4 Å². The summed E-state index contributed by atoms with van der Waals surface area (Å²) in [7, 11) is 0. The van der Waals surface area contributed by atoms with Gasteiger partial charge in [0, 0.05) is 31.0 Å². The number of pyridine rings is 1. The molecule has 0 saturated carbocycles. The van der Waals surface area contributed by atoms with Crippen LogP contribution in [0.25, 0.3) is 0 Å². The second kappa shape index (κ2) is 5.87. The fourth-order valence-corrected chi connectivity index (χ4v) is 2.36. The Morgan fingerprint density at radius 1 is 1.30 bits per heavy atom. The predicted molar refractivity (Wildman–Crippen MR) is 73.9 cm³/mol. The van der Waals surface area contributed by atoms with Crippen molar-refractivity contribution in [1.29, 1.82) is 0 Å². The molecule has 7 nitrogen and oxygen atoms in total. The molecule has 7 heteroatoms. The van der Waals surface area contributed by atoms with E-state index < -0.39 is 0 Å². The van der Waals surface area contributed by atoms with Gasteiger partial charge in [0.05, 0.1) is 12.6 Å². The van der Waals surface area contributed by atoms with Gasteiger partial charge in [-0.05, 0) is 12.5 Å². The molecule has 1 aliphatic heterocycles. The molecule has 0 bridgehead atoms. The number of nitrogens with two attached hydrogens (primary N) is 1. The highest BCUT2D eigenvalue weighted by molar-refractivity contribution is 6.01. The molecule has 108 valence electrons. The zero-order valence-corrected chi connectivity index (χ0v) is 11.3. The van der Waals surface area contributed by atoms with Crippen LogP contribution in [0.4, 0.5) is 5.69 Å². The van der Waals surface area contributed by atoms with Gasteiger partial charge in [-0.1, -0.05) is 6.92 Å². The first-order valence-corrected chi connectivity index (χ1v) is 6.55. The second-order valence-corrected chi connectivity index (χ2v) is 4.80. The molecule has 1 aromatic heterocycles. The molecule has 20 heavy (non-hydrogen) atoms. The van der Waals surface area contributed by atoms with Crippen molar-refractivity contribution in [3.05, 3.63) is 28.7 Å². The number of nitrogen functional groups attached to an aromatic ring is 1. The molecule has 2 amide bonds. The minimum absolute atomic E-state index is 0.153. The van der Waals surface area contributed by atoms with E-state index in [4.69, 9.17) is 5.73 Å². The van der Waals surface area contributed by atoms with Crippen molar-refractivity contribution in [3.8, 4) is 0 Å². The summed E-state index contributed by atoms with van der Waals surface area (Å²) in [6.45, 7) is 2.89. The van der Waals surface area contributed by atoms with E-state index in [2.05, 4.69) is 5.32 Å². The number of imide groups is 1. The molecule has 0 spiro atoms. The zero-order valence-electron chi connectivity index (χ0n) is 11.3. The lowest BCUT2D eigenvalue weighted by atomic mass is 10.1. The Morgan fingerprint density at radius 2 is 2.05 bits per heavy atom. The Bertz CT molecular complexity index is 581. The van der Waals surface area contributed by atoms with Crippen LogP contribution in [0.3, 0.4) is 0 Å². The van der Waals surface area contributed by atoms with E-state index >= 15 is 0 Å². The first kappa shape index (κ1) is 14.3. The molecular weight excluding hydrogens is 260 g/mol. The standard InChI is InChI=1S/C13H18N4O3/c1-2-10-13(20)15-11(18)8-16(10)5-6-17-7-9(14)3-4-12(17)19/h3-4,7,10H,2,5-6,8,14H2,1H3,(H,15,18,20). The van der Waals surface area contributed by atoms with Crippen molar-refractivity contribution in [2.75, 3.05) is 18.8 Å². The zero-order chi connectivity index (χ0) is 14.7. The van der Waals surface area contributed by atoms with Gasteiger partial charge in [-0.2, -0.15) is 0 Å². The van der Waals surface area contributed by atoms with Gasteiger partial charge >= 0.3 is 0 Å². The Kier molecular flexibility index (Phi) is 4.19. The number of carbonyl (C=O) groups is 2. The number of hydrogen-bond acceptors (Lipinski definition) is 5. The predicted octanol–water partition coefficient (Wildman–Crippen LogP) is -0.832. The number of hydrogen-bond donors (Lipinski definition) is 2. The van der Waals surface area contributed by atoms with E-state index in [1.54, 1.807) is 17.2 Å². The van der Waals surface area contributed by atoms with Crippen molar-refractivity contribution < 1.29 is 9.59 Å². The Morgan fingerprint density at radius 3 is 2.75 bits per heavy atom. The van der Waals surface area contributed by atoms with Gasteiger partial charge in [-0.25, -0.2) is 0 Å². The van der Waals surface area contributed by atoms with Crippen molar-refractivity contribution in [1.82, 2.24) is 14.8 Å². The number of rotatable bonds is 4. The minimum Gasteiger partial charge on any atom is -0.398 e. The highest BCUT2D eigenvalue weighted by Gasteiger charge is 2.31.